The summed E-state index contributed by atoms with van der Waals surface area (Å²) in [5.41, 5.74) is 4.31. The molecule has 0 bridgehead atoms. The fourth-order valence-electron chi connectivity index (χ4n) is 2.25. The van der Waals surface area contributed by atoms with Gasteiger partial charge in [-0.1, -0.05) is 38.1 Å². The zero-order valence-corrected chi connectivity index (χ0v) is 16.2. The second-order valence-electron chi connectivity index (χ2n) is 6.33. The third kappa shape index (κ3) is 5.70. The molecule has 0 fully saturated rings. The van der Waals surface area contributed by atoms with E-state index in [2.05, 4.69) is 24.4 Å². The van der Waals surface area contributed by atoms with Crippen LogP contribution < -0.4 is 5.43 Å². The Hall–Kier alpha value is -2.58. The molecule has 0 unspecified atom stereocenters. The third-order valence-corrected chi connectivity index (χ3v) is 5.71. The van der Waals surface area contributed by atoms with Gasteiger partial charge in [0.15, 0.2) is 0 Å². The van der Waals surface area contributed by atoms with Gasteiger partial charge in [0.2, 0.25) is 10.0 Å². The highest BCUT2D eigenvalue weighted by Crippen LogP contribution is 2.15. The number of nitrogens with one attached hydrogen (secondary N) is 1. The minimum absolute atomic E-state index is 0.0899. The highest BCUT2D eigenvalue weighted by molar-refractivity contribution is 7.89. The average Bonchev–Trinajstić information content (AvgIpc) is 2.62. The van der Waals surface area contributed by atoms with Crippen molar-refractivity contribution in [2.24, 2.45) is 5.10 Å². The predicted molar refractivity (Wildman–Crippen MR) is 102 cm³/mol. The van der Waals surface area contributed by atoms with E-state index in [1.54, 1.807) is 0 Å². The molecule has 0 aromatic heterocycles. The lowest BCUT2D eigenvalue weighted by Crippen LogP contribution is -2.36. The molecule has 27 heavy (non-hydrogen) atoms. The lowest BCUT2D eigenvalue weighted by molar-refractivity contribution is -0.121. The Morgan fingerprint density at radius 1 is 1.15 bits per heavy atom. The molecule has 6 nitrogen and oxygen atoms in total. The summed E-state index contributed by atoms with van der Waals surface area (Å²) in [7, 11) is -2.62. The number of hydrazone groups is 1. The summed E-state index contributed by atoms with van der Waals surface area (Å²) in [6, 6.07) is 12.1. The molecule has 0 spiro atoms. The van der Waals surface area contributed by atoms with Gasteiger partial charge in [0, 0.05) is 7.05 Å². The largest absolute Gasteiger partial charge is 0.272 e. The van der Waals surface area contributed by atoms with Crippen molar-refractivity contribution in [2.75, 3.05) is 13.6 Å². The number of nitrogens with zero attached hydrogens (tertiary/aromatic N) is 2. The molecule has 0 radical (unpaired) electrons. The van der Waals surface area contributed by atoms with Gasteiger partial charge in [-0.05, 0) is 41.3 Å². The van der Waals surface area contributed by atoms with E-state index >= 15 is 0 Å². The van der Waals surface area contributed by atoms with Crippen LogP contribution >= 0.6 is 0 Å². The van der Waals surface area contributed by atoms with Crippen molar-refractivity contribution in [3.63, 3.8) is 0 Å². The molecule has 1 N–H and O–H groups in total. The van der Waals surface area contributed by atoms with Crippen LogP contribution in [0.1, 0.15) is 30.9 Å². The van der Waals surface area contributed by atoms with Gasteiger partial charge < -0.3 is 0 Å². The van der Waals surface area contributed by atoms with E-state index in [1.165, 1.54) is 18.8 Å². The van der Waals surface area contributed by atoms with Crippen LogP contribution in [-0.2, 0) is 14.8 Å². The fraction of sp³-hybridized carbons (Fsp3) is 0.263. The van der Waals surface area contributed by atoms with Crippen molar-refractivity contribution < 1.29 is 17.6 Å². The highest BCUT2D eigenvalue weighted by atomic mass is 32.2. The quantitative estimate of drug-likeness (QED) is 0.582. The number of halogens is 1. The van der Waals surface area contributed by atoms with Crippen LogP contribution in [0.4, 0.5) is 4.39 Å². The maximum absolute atomic E-state index is 12.9. The SMILES string of the molecule is CC(C)c1ccc(/C=N\NC(=O)CN(C)S(=O)(=O)c2ccc(F)cc2)cc1. The van der Waals surface area contributed by atoms with Crippen LogP contribution in [0.25, 0.3) is 0 Å². The summed E-state index contributed by atoms with van der Waals surface area (Å²) in [4.78, 5) is 11.8. The van der Waals surface area contributed by atoms with Gasteiger partial charge in [-0.3, -0.25) is 4.79 Å². The standard InChI is InChI=1S/C19H22FN3O3S/c1-14(2)16-6-4-15(5-7-16)12-21-22-19(24)13-23(3)27(25,26)18-10-8-17(20)9-11-18/h4-12,14H,13H2,1-3H3,(H,22,24)/b21-12-. The van der Waals surface area contributed by atoms with E-state index in [4.69, 9.17) is 0 Å². The molecule has 0 saturated carbocycles. The summed E-state index contributed by atoms with van der Waals surface area (Å²) in [6.07, 6.45) is 1.48. The molecular weight excluding hydrogens is 369 g/mol. The minimum atomic E-state index is -3.89. The maximum Gasteiger partial charge on any atom is 0.255 e. The maximum atomic E-state index is 12.9. The Morgan fingerprint density at radius 3 is 2.30 bits per heavy atom. The Morgan fingerprint density at radius 2 is 1.74 bits per heavy atom. The molecule has 0 aliphatic heterocycles. The van der Waals surface area contributed by atoms with E-state index in [-0.39, 0.29) is 4.90 Å². The molecule has 2 aromatic carbocycles. The highest BCUT2D eigenvalue weighted by Gasteiger charge is 2.22. The first-order valence-electron chi connectivity index (χ1n) is 8.34. The molecule has 0 heterocycles. The third-order valence-electron chi connectivity index (χ3n) is 3.89. The number of carbonyl (C=O) groups excluding carboxylic acids is 1. The van der Waals surface area contributed by atoms with Gasteiger partial charge in [0.25, 0.3) is 5.91 Å². The summed E-state index contributed by atoms with van der Waals surface area (Å²) < 4.78 is 38.5. The zero-order chi connectivity index (χ0) is 20.0. The first-order valence-corrected chi connectivity index (χ1v) is 9.78. The smallest absolute Gasteiger partial charge is 0.255 e. The number of likely N-dealkylation sites (N-methyl/N-ethyl adjacent to an activating group) is 1. The monoisotopic (exact) mass is 391 g/mol. The Kier molecular flexibility index (Phi) is 6.81. The Labute approximate surface area is 158 Å². The molecule has 8 heteroatoms. The first kappa shape index (κ1) is 20.7. The second-order valence-corrected chi connectivity index (χ2v) is 8.37. The number of rotatable bonds is 7. The number of amides is 1. The molecule has 0 aliphatic carbocycles. The first-order chi connectivity index (χ1) is 12.7. The summed E-state index contributed by atoms with van der Waals surface area (Å²) in [5.74, 6) is -0.697. The number of benzene rings is 2. The van der Waals surface area contributed by atoms with Crippen molar-refractivity contribution in [1.82, 2.24) is 9.73 Å². The lowest BCUT2D eigenvalue weighted by Gasteiger charge is -2.16. The molecular formula is C19H22FN3O3S. The van der Waals surface area contributed by atoms with E-state index < -0.39 is 28.3 Å². The lowest BCUT2D eigenvalue weighted by atomic mass is 10.0. The summed E-state index contributed by atoms with van der Waals surface area (Å²) >= 11 is 0. The number of carbonyl (C=O) groups is 1. The summed E-state index contributed by atoms with van der Waals surface area (Å²) in [6.45, 7) is 3.78. The topological polar surface area (TPSA) is 78.8 Å². The van der Waals surface area contributed by atoms with E-state index in [0.717, 1.165) is 34.1 Å². The average molecular weight is 391 g/mol. The molecule has 2 aromatic rings. The fourth-order valence-corrected chi connectivity index (χ4v) is 3.38. The zero-order valence-electron chi connectivity index (χ0n) is 15.4. The second kappa shape index (κ2) is 8.88. The van der Waals surface area contributed by atoms with Crippen LogP contribution in [0.3, 0.4) is 0 Å². The van der Waals surface area contributed by atoms with Crippen LogP contribution in [0.5, 0.6) is 0 Å². The molecule has 1 amide bonds. The number of hydrogen-bond donors (Lipinski definition) is 1. The van der Waals surface area contributed by atoms with Crippen molar-refractivity contribution >= 4 is 22.1 Å². The molecule has 2 rings (SSSR count). The Balaban J connectivity index is 1.93. The molecule has 144 valence electrons. The van der Waals surface area contributed by atoms with Crippen molar-refractivity contribution in [3.8, 4) is 0 Å². The molecule has 0 atom stereocenters. The summed E-state index contributed by atoms with van der Waals surface area (Å²) in [5, 5.41) is 3.84. The van der Waals surface area contributed by atoms with Gasteiger partial charge in [-0.2, -0.15) is 9.41 Å². The number of sulfonamides is 1. The van der Waals surface area contributed by atoms with Crippen LogP contribution in [0.15, 0.2) is 58.5 Å². The van der Waals surface area contributed by atoms with Gasteiger partial charge in [0.1, 0.15) is 5.82 Å². The predicted octanol–water partition coefficient (Wildman–Crippen LogP) is 2.72. The van der Waals surface area contributed by atoms with Gasteiger partial charge in [0.05, 0.1) is 17.7 Å². The normalized spacial score (nSPS) is 12.1. The minimum Gasteiger partial charge on any atom is -0.272 e. The van der Waals surface area contributed by atoms with Crippen molar-refractivity contribution in [2.45, 2.75) is 24.7 Å². The number of hydrogen-bond acceptors (Lipinski definition) is 4. The van der Waals surface area contributed by atoms with E-state index in [1.807, 2.05) is 24.3 Å². The van der Waals surface area contributed by atoms with Crippen molar-refractivity contribution in [1.29, 1.82) is 0 Å². The van der Waals surface area contributed by atoms with Crippen molar-refractivity contribution in [3.05, 3.63) is 65.5 Å². The van der Waals surface area contributed by atoms with Gasteiger partial charge in [-0.25, -0.2) is 18.2 Å². The van der Waals surface area contributed by atoms with Crippen LogP contribution in [0.2, 0.25) is 0 Å². The Bertz CT molecular complexity index is 908. The van der Waals surface area contributed by atoms with E-state index in [0.29, 0.717) is 5.92 Å². The molecule has 0 saturated heterocycles. The van der Waals surface area contributed by atoms with Crippen LogP contribution in [0, 0.1) is 5.82 Å². The van der Waals surface area contributed by atoms with Gasteiger partial charge in [-0.15, -0.1) is 0 Å². The van der Waals surface area contributed by atoms with Gasteiger partial charge >= 0.3 is 0 Å². The molecule has 0 aliphatic rings. The van der Waals surface area contributed by atoms with E-state index in [9.17, 15) is 17.6 Å². The van der Waals surface area contributed by atoms with Crippen LogP contribution in [-0.4, -0.2) is 38.4 Å².